The van der Waals surface area contributed by atoms with Crippen molar-refractivity contribution in [1.82, 2.24) is 0 Å². The minimum atomic E-state index is 0.755. The Kier molecular flexibility index (Phi) is 6.48. The third-order valence-electron chi connectivity index (χ3n) is 2.64. The van der Waals surface area contributed by atoms with Crippen LogP contribution in [-0.4, -0.2) is 26.9 Å². The fourth-order valence-electron chi connectivity index (χ4n) is 1.57. The van der Waals surface area contributed by atoms with Crippen LogP contribution in [0.1, 0.15) is 25.3 Å². The van der Waals surface area contributed by atoms with Crippen molar-refractivity contribution >= 4 is 5.69 Å². The number of anilines is 1. The first-order valence-corrected chi connectivity index (χ1v) is 6.24. The van der Waals surface area contributed by atoms with E-state index >= 15 is 0 Å². The number of benzene rings is 1. The number of hydrogen-bond donors (Lipinski definition) is 1. The summed E-state index contributed by atoms with van der Waals surface area (Å²) in [5.41, 5.74) is 2.34. The molecule has 0 unspecified atom stereocenters. The van der Waals surface area contributed by atoms with Gasteiger partial charge in [0, 0.05) is 18.8 Å². The molecule has 0 spiro atoms. The number of aryl methyl sites for hydroxylation is 1. The van der Waals surface area contributed by atoms with Crippen LogP contribution in [0.4, 0.5) is 5.69 Å². The summed E-state index contributed by atoms with van der Waals surface area (Å²) in [6.07, 6.45) is 2.33. The molecule has 0 fully saturated rings. The number of rotatable bonds is 8. The molecule has 0 aliphatic heterocycles. The molecule has 1 aromatic carbocycles. The predicted molar refractivity (Wildman–Crippen MR) is 71.9 cm³/mol. The summed E-state index contributed by atoms with van der Waals surface area (Å²) >= 11 is 0. The third-order valence-corrected chi connectivity index (χ3v) is 2.64. The lowest BCUT2D eigenvalue weighted by Crippen LogP contribution is -2.10. The van der Waals surface area contributed by atoms with Crippen LogP contribution in [0.15, 0.2) is 18.2 Å². The zero-order chi connectivity index (χ0) is 12.5. The van der Waals surface area contributed by atoms with Gasteiger partial charge in [0.05, 0.1) is 13.7 Å². The molecule has 17 heavy (non-hydrogen) atoms. The molecular weight excluding hydrogens is 214 g/mol. The Hall–Kier alpha value is -1.22. The predicted octanol–water partition coefficient (Wildman–Crippen LogP) is 3.23. The van der Waals surface area contributed by atoms with Gasteiger partial charge in [-0.05, 0) is 37.1 Å². The zero-order valence-electron chi connectivity index (χ0n) is 11.1. The van der Waals surface area contributed by atoms with Gasteiger partial charge in [-0.25, -0.2) is 0 Å². The van der Waals surface area contributed by atoms with Crippen molar-refractivity contribution < 1.29 is 9.47 Å². The molecule has 1 N–H and O–H groups in total. The Morgan fingerprint density at radius 3 is 2.71 bits per heavy atom. The maximum absolute atomic E-state index is 5.49. The van der Waals surface area contributed by atoms with Crippen LogP contribution in [0, 0.1) is 6.92 Å². The van der Waals surface area contributed by atoms with E-state index in [2.05, 4.69) is 19.2 Å². The second-order valence-corrected chi connectivity index (χ2v) is 4.07. The topological polar surface area (TPSA) is 30.5 Å². The summed E-state index contributed by atoms with van der Waals surface area (Å²) in [7, 11) is 1.68. The van der Waals surface area contributed by atoms with Crippen LogP contribution in [0.2, 0.25) is 0 Å². The molecule has 0 bridgehead atoms. The van der Waals surface area contributed by atoms with Gasteiger partial charge in [0.15, 0.2) is 0 Å². The number of ether oxygens (including phenoxy) is 2. The number of methoxy groups -OCH3 is 1. The van der Waals surface area contributed by atoms with Gasteiger partial charge in [-0.3, -0.25) is 0 Å². The molecule has 1 aromatic rings. The molecule has 3 heteroatoms. The van der Waals surface area contributed by atoms with E-state index in [1.165, 1.54) is 12.0 Å². The first-order valence-electron chi connectivity index (χ1n) is 6.24. The van der Waals surface area contributed by atoms with Gasteiger partial charge in [-0.15, -0.1) is 0 Å². The SMILES string of the molecule is CCCCOCCNc1ccc(OC)cc1C. The first kappa shape index (κ1) is 13.8. The fourth-order valence-corrected chi connectivity index (χ4v) is 1.57. The van der Waals surface area contributed by atoms with E-state index in [9.17, 15) is 0 Å². The first-order chi connectivity index (χ1) is 8.27. The van der Waals surface area contributed by atoms with Gasteiger partial charge >= 0.3 is 0 Å². The van der Waals surface area contributed by atoms with Crippen molar-refractivity contribution in [1.29, 1.82) is 0 Å². The van der Waals surface area contributed by atoms with Crippen molar-refractivity contribution in [3.8, 4) is 5.75 Å². The van der Waals surface area contributed by atoms with Crippen molar-refractivity contribution in [2.45, 2.75) is 26.7 Å². The summed E-state index contributed by atoms with van der Waals surface area (Å²) in [6.45, 7) is 6.70. The molecule has 0 radical (unpaired) electrons. The third kappa shape index (κ3) is 5.09. The average molecular weight is 237 g/mol. The Labute approximate surface area is 104 Å². The molecule has 0 heterocycles. The summed E-state index contributed by atoms with van der Waals surface area (Å²) in [5.74, 6) is 0.896. The molecule has 96 valence electrons. The minimum Gasteiger partial charge on any atom is -0.497 e. The van der Waals surface area contributed by atoms with Gasteiger partial charge in [0.1, 0.15) is 5.75 Å². The molecule has 1 rings (SSSR count). The van der Waals surface area contributed by atoms with E-state index in [0.717, 1.165) is 37.6 Å². The van der Waals surface area contributed by atoms with E-state index < -0.39 is 0 Å². The van der Waals surface area contributed by atoms with Gasteiger partial charge in [-0.2, -0.15) is 0 Å². The van der Waals surface area contributed by atoms with Crippen LogP contribution in [0.5, 0.6) is 5.75 Å². The lowest BCUT2D eigenvalue weighted by atomic mass is 10.2. The highest BCUT2D eigenvalue weighted by Gasteiger charge is 1.99. The summed E-state index contributed by atoms with van der Waals surface area (Å²) in [5, 5.41) is 3.36. The highest BCUT2D eigenvalue weighted by molar-refractivity contribution is 5.53. The van der Waals surface area contributed by atoms with Crippen LogP contribution in [-0.2, 0) is 4.74 Å². The van der Waals surface area contributed by atoms with E-state index in [1.807, 2.05) is 18.2 Å². The molecule has 0 saturated heterocycles. The highest BCUT2D eigenvalue weighted by Crippen LogP contribution is 2.20. The average Bonchev–Trinajstić information content (AvgIpc) is 2.35. The maximum atomic E-state index is 5.49. The Morgan fingerprint density at radius 2 is 2.06 bits per heavy atom. The molecule has 0 aliphatic carbocycles. The number of nitrogens with one attached hydrogen (secondary N) is 1. The lowest BCUT2D eigenvalue weighted by Gasteiger charge is -2.11. The number of unbranched alkanes of at least 4 members (excludes halogenated alkanes) is 1. The normalized spacial score (nSPS) is 10.3. The van der Waals surface area contributed by atoms with Crippen LogP contribution < -0.4 is 10.1 Å². The van der Waals surface area contributed by atoms with Crippen LogP contribution in [0.25, 0.3) is 0 Å². The maximum Gasteiger partial charge on any atom is 0.119 e. The largest absolute Gasteiger partial charge is 0.497 e. The summed E-state index contributed by atoms with van der Waals surface area (Å²) < 4.78 is 10.7. The zero-order valence-corrected chi connectivity index (χ0v) is 11.1. The van der Waals surface area contributed by atoms with E-state index in [0.29, 0.717) is 0 Å². The molecular formula is C14H23NO2. The standard InChI is InChI=1S/C14H23NO2/c1-4-5-9-17-10-8-15-14-7-6-13(16-3)11-12(14)2/h6-7,11,15H,4-5,8-10H2,1-3H3. The molecule has 3 nitrogen and oxygen atoms in total. The molecule has 0 aromatic heterocycles. The van der Waals surface area contributed by atoms with Gasteiger partial charge in [-0.1, -0.05) is 13.3 Å². The van der Waals surface area contributed by atoms with Crippen molar-refractivity contribution in [3.63, 3.8) is 0 Å². The lowest BCUT2D eigenvalue weighted by molar-refractivity contribution is 0.141. The molecule has 0 aliphatic rings. The highest BCUT2D eigenvalue weighted by atomic mass is 16.5. The van der Waals surface area contributed by atoms with Gasteiger partial charge in [0.25, 0.3) is 0 Å². The van der Waals surface area contributed by atoms with Gasteiger partial charge < -0.3 is 14.8 Å². The minimum absolute atomic E-state index is 0.755. The van der Waals surface area contributed by atoms with Crippen molar-refractivity contribution in [2.24, 2.45) is 0 Å². The van der Waals surface area contributed by atoms with E-state index in [-0.39, 0.29) is 0 Å². The smallest absolute Gasteiger partial charge is 0.119 e. The Balaban J connectivity index is 2.27. The fraction of sp³-hybridized carbons (Fsp3) is 0.571. The second kappa shape index (κ2) is 7.96. The summed E-state index contributed by atoms with van der Waals surface area (Å²) in [6, 6.07) is 6.04. The van der Waals surface area contributed by atoms with Crippen LogP contribution in [0.3, 0.4) is 0 Å². The molecule has 0 saturated carbocycles. The van der Waals surface area contributed by atoms with Crippen molar-refractivity contribution in [3.05, 3.63) is 23.8 Å². The second-order valence-electron chi connectivity index (χ2n) is 4.07. The quantitative estimate of drug-likeness (QED) is 0.704. The monoisotopic (exact) mass is 237 g/mol. The van der Waals surface area contributed by atoms with Crippen LogP contribution >= 0.6 is 0 Å². The molecule has 0 amide bonds. The van der Waals surface area contributed by atoms with E-state index in [1.54, 1.807) is 7.11 Å². The van der Waals surface area contributed by atoms with Crippen molar-refractivity contribution in [2.75, 3.05) is 32.2 Å². The molecule has 0 atom stereocenters. The Morgan fingerprint density at radius 1 is 1.24 bits per heavy atom. The van der Waals surface area contributed by atoms with Gasteiger partial charge in [0.2, 0.25) is 0 Å². The van der Waals surface area contributed by atoms with E-state index in [4.69, 9.17) is 9.47 Å². The Bertz CT molecular complexity index is 326. The number of hydrogen-bond acceptors (Lipinski definition) is 3. The summed E-state index contributed by atoms with van der Waals surface area (Å²) in [4.78, 5) is 0.